The molecule has 0 aromatic carbocycles. The maximum atomic E-state index is 12.9. The minimum atomic E-state index is -0.578. The van der Waals surface area contributed by atoms with E-state index in [9.17, 15) is 9.59 Å². The van der Waals surface area contributed by atoms with Crippen molar-refractivity contribution < 1.29 is 23.8 Å². The fourth-order valence-electron chi connectivity index (χ4n) is 7.44. The highest BCUT2D eigenvalue weighted by Gasteiger charge is 2.17. The van der Waals surface area contributed by atoms with Gasteiger partial charge >= 0.3 is 11.9 Å². The first kappa shape index (κ1) is 66.0. The third-order valence-electron chi connectivity index (χ3n) is 11.7. The number of carbonyl (C=O) groups excluding carboxylic acids is 2. The van der Waals surface area contributed by atoms with Gasteiger partial charge in [-0.15, -0.1) is 0 Å². The highest BCUT2D eigenvalue weighted by Crippen LogP contribution is 2.13. The third-order valence-corrected chi connectivity index (χ3v) is 11.7. The standard InChI is InChI=1S/C65H106O5/c1-4-7-10-13-16-19-22-25-28-30-32-34-36-39-42-45-48-51-54-57-60-68-61-63(70-65(67)59-56-53-50-47-44-41-37-27-24-21-18-15-12-9-6-3)62-69-64(66)58-55-52-49-46-43-40-38-35-33-31-29-26-23-20-17-14-11-8-5-2/h7-8,10-11,16-17,19-20,25-29,32-35,37,39-40,42-43,63H,4-6,9,12-15,18,21-24,30-31,36,38,41,44-62H2,1-3H3/b10-7-,11-8-,19-16-,20-17-,28-25-,29-26-,34-32-,35-33-,37-27-,42-39-,43-40-. The Morgan fingerprint density at radius 1 is 0.329 bits per heavy atom. The molecule has 0 aliphatic carbocycles. The predicted molar refractivity (Wildman–Crippen MR) is 306 cm³/mol. The quantitative estimate of drug-likeness (QED) is 0.0345. The Balaban J connectivity index is 4.43. The molecule has 0 spiro atoms. The first-order valence-corrected chi connectivity index (χ1v) is 28.7. The monoisotopic (exact) mass is 967 g/mol. The predicted octanol–water partition coefficient (Wildman–Crippen LogP) is 19.9. The SMILES string of the molecule is CC/C=C\C/C=C\C/C=C\C/C=C\C/C=C\CCCCCCOCC(COC(=O)CCCCC/C=C\C/C=C\C/C=C\C/C=C\C/C=C\CC)OC(=O)CCCCCCC/C=C\CCCCCCCC. The lowest BCUT2D eigenvalue weighted by atomic mass is 10.1. The highest BCUT2D eigenvalue weighted by atomic mass is 16.6. The molecule has 0 rings (SSSR count). The maximum Gasteiger partial charge on any atom is 0.306 e. The Labute approximate surface area is 432 Å². The smallest absolute Gasteiger partial charge is 0.306 e. The van der Waals surface area contributed by atoms with Gasteiger partial charge in [0.15, 0.2) is 6.10 Å². The van der Waals surface area contributed by atoms with E-state index in [1.54, 1.807) is 0 Å². The van der Waals surface area contributed by atoms with Gasteiger partial charge in [-0.1, -0.05) is 225 Å². The summed E-state index contributed by atoms with van der Waals surface area (Å²) < 4.78 is 17.4. The molecule has 396 valence electrons. The van der Waals surface area contributed by atoms with Crippen molar-refractivity contribution in [2.24, 2.45) is 0 Å². The van der Waals surface area contributed by atoms with E-state index in [0.717, 1.165) is 141 Å². The van der Waals surface area contributed by atoms with E-state index in [2.05, 4.69) is 154 Å². The van der Waals surface area contributed by atoms with Crippen molar-refractivity contribution in [1.82, 2.24) is 0 Å². The van der Waals surface area contributed by atoms with Crippen LogP contribution in [0.3, 0.4) is 0 Å². The van der Waals surface area contributed by atoms with Crippen molar-refractivity contribution in [1.29, 1.82) is 0 Å². The molecule has 0 aromatic rings. The van der Waals surface area contributed by atoms with E-state index >= 15 is 0 Å². The molecule has 0 fully saturated rings. The second kappa shape index (κ2) is 59.3. The van der Waals surface area contributed by atoms with Crippen LogP contribution in [-0.2, 0) is 23.8 Å². The average Bonchev–Trinajstić information content (AvgIpc) is 3.36. The van der Waals surface area contributed by atoms with Crippen LogP contribution in [0.4, 0.5) is 0 Å². The Bertz CT molecular complexity index is 1470. The highest BCUT2D eigenvalue weighted by molar-refractivity contribution is 5.70. The number of hydrogen-bond donors (Lipinski definition) is 0. The Morgan fingerprint density at radius 2 is 0.643 bits per heavy atom. The number of allylic oxidation sites excluding steroid dienone is 22. The zero-order valence-corrected chi connectivity index (χ0v) is 45.5. The number of esters is 2. The number of unbranched alkanes of at least 4 members (excludes halogenated alkanes) is 18. The number of rotatable bonds is 51. The summed E-state index contributed by atoms with van der Waals surface area (Å²) in [6.45, 7) is 7.49. The van der Waals surface area contributed by atoms with Gasteiger partial charge in [-0.2, -0.15) is 0 Å². The van der Waals surface area contributed by atoms with E-state index in [4.69, 9.17) is 14.2 Å². The van der Waals surface area contributed by atoms with Crippen LogP contribution < -0.4 is 0 Å². The fourth-order valence-corrected chi connectivity index (χ4v) is 7.44. The van der Waals surface area contributed by atoms with Crippen LogP contribution in [-0.4, -0.2) is 37.9 Å². The van der Waals surface area contributed by atoms with Gasteiger partial charge in [0.2, 0.25) is 0 Å². The van der Waals surface area contributed by atoms with E-state index in [0.29, 0.717) is 19.4 Å². The minimum Gasteiger partial charge on any atom is -0.462 e. The lowest BCUT2D eigenvalue weighted by Crippen LogP contribution is -2.30. The average molecular weight is 968 g/mol. The molecule has 0 bridgehead atoms. The van der Waals surface area contributed by atoms with Gasteiger partial charge in [0.1, 0.15) is 6.61 Å². The molecule has 70 heavy (non-hydrogen) atoms. The molecule has 0 radical (unpaired) electrons. The van der Waals surface area contributed by atoms with E-state index < -0.39 is 6.10 Å². The molecule has 0 aliphatic rings. The van der Waals surface area contributed by atoms with Crippen LogP contribution in [0.15, 0.2) is 134 Å². The summed E-state index contributed by atoms with van der Waals surface area (Å²) in [5.74, 6) is -0.465. The van der Waals surface area contributed by atoms with Crippen molar-refractivity contribution in [3.05, 3.63) is 134 Å². The summed E-state index contributed by atoms with van der Waals surface area (Å²) in [6, 6.07) is 0. The van der Waals surface area contributed by atoms with Crippen molar-refractivity contribution in [3.63, 3.8) is 0 Å². The van der Waals surface area contributed by atoms with Crippen molar-refractivity contribution in [2.75, 3.05) is 19.8 Å². The maximum absolute atomic E-state index is 12.9. The van der Waals surface area contributed by atoms with Crippen LogP contribution in [0, 0.1) is 0 Å². The van der Waals surface area contributed by atoms with Crippen LogP contribution in [0.25, 0.3) is 0 Å². The third kappa shape index (κ3) is 56.6. The van der Waals surface area contributed by atoms with Gasteiger partial charge in [-0.05, 0) is 135 Å². The van der Waals surface area contributed by atoms with Gasteiger partial charge in [0, 0.05) is 19.4 Å². The molecular formula is C65H106O5. The Hall–Kier alpha value is -3.96. The van der Waals surface area contributed by atoms with Gasteiger partial charge in [0.25, 0.3) is 0 Å². The molecule has 0 saturated carbocycles. The summed E-state index contributed by atoms with van der Waals surface area (Å²) in [5.41, 5.74) is 0. The van der Waals surface area contributed by atoms with E-state index in [1.165, 1.54) is 64.2 Å². The van der Waals surface area contributed by atoms with Crippen molar-refractivity contribution in [2.45, 2.75) is 245 Å². The van der Waals surface area contributed by atoms with Gasteiger partial charge in [0.05, 0.1) is 6.61 Å². The number of carbonyl (C=O) groups is 2. The summed E-state index contributed by atoms with van der Waals surface area (Å²) in [4.78, 5) is 25.5. The zero-order valence-electron chi connectivity index (χ0n) is 45.5. The number of hydrogen-bond acceptors (Lipinski definition) is 5. The normalized spacial score (nSPS) is 13.2. The van der Waals surface area contributed by atoms with Crippen LogP contribution in [0.2, 0.25) is 0 Å². The largest absolute Gasteiger partial charge is 0.462 e. The molecular weight excluding hydrogens is 861 g/mol. The summed E-state index contributed by atoms with van der Waals surface area (Å²) in [7, 11) is 0. The summed E-state index contributed by atoms with van der Waals surface area (Å²) >= 11 is 0. The first-order valence-electron chi connectivity index (χ1n) is 28.7. The Morgan fingerprint density at radius 3 is 1.06 bits per heavy atom. The topological polar surface area (TPSA) is 61.8 Å². The molecule has 0 heterocycles. The molecule has 0 amide bonds. The fraction of sp³-hybridized carbons (Fsp3) is 0.631. The second-order valence-electron chi connectivity index (χ2n) is 18.4. The van der Waals surface area contributed by atoms with Crippen LogP contribution in [0.5, 0.6) is 0 Å². The van der Waals surface area contributed by atoms with Crippen molar-refractivity contribution in [3.8, 4) is 0 Å². The molecule has 5 nitrogen and oxygen atoms in total. The Kier molecular flexibility index (Phi) is 56.0. The number of ether oxygens (including phenoxy) is 3. The first-order chi connectivity index (χ1) is 34.6. The molecule has 1 unspecified atom stereocenters. The molecule has 0 N–H and O–H groups in total. The van der Waals surface area contributed by atoms with Crippen molar-refractivity contribution >= 4 is 11.9 Å². The van der Waals surface area contributed by atoms with Gasteiger partial charge < -0.3 is 14.2 Å². The minimum absolute atomic E-state index is 0.0459. The lowest BCUT2D eigenvalue weighted by Gasteiger charge is -2.18. The summed E-state index contributed by atoms with van der Waals surface area (Å²) in [5, 5.41) is 0. The van der Waals surface area contributed by atoms with Crippen LogP contribution in [0.1, 0.15) is 239 Å². The second-order valence-corrected chi connectivity index (χ2v) is 18.4. The lowest BCUT2D eigenvalue weighted by molar-refractivity contribution is -0.163. The molecule has 1 atom stereocenters. The summed E-state index contributed by atoms with van der Waals surface area (Å²) in [6.07, 6.45) is 84.7. The molecule has 0 aliphatic heterocycles. The van der Waals surface area contributed by atoms with E-state index in [-0.39, 0.29) is 25.2 Å². The van der Waals surface area contributed by atoms with Gasteiger partial charge in [-0.25, -0.2) is 0 Å². The van der Waals surface area contributed by atoms with Gasteiger partial charge in [-0.3, -0.25) is 9.59 Å². The van der Waals surface area contributed by atoms with Crippen LogP contribution >= 0.6 is 0 Å². The zero-order chi connectivity index (χ0) is 50.6. The molecule has 0 saturated heterocycles. The van der Waals surface area contributed by atoms with E-state index in [1.807, 2.05) is 0 Å². The molecule has 5 heteroatoms. The molecule has 0 aromatic heterocycles.